The van der Waals surface area contributed by atoms with Crippen LogP contribution < -0.4 is 4.74 Å². The number of rotatable bonds is 7. The van der Waals surface area contributed by atoms with Gasteiger partial charge in [-0.3, -0.25) is 9.36 Å². The Balaban J connectivity index is 1.42. The van der Waals surface area contributed by atoms with Crippen LogP contribution in [0, 0.1) is 0 Å². The van der Waals surface area contributed by atoms with E-state index < -0.39 is 0 Å². The smallest absolute Gasteiger partial charge is 0.236 e. The molecule has 0 aliphatic carbocycles. The highest BCUT2D eigenvalue weighted by atomic mass is 32.2. The molecule has 35 heavy (non-hydrogen) atoms. The molecule has 3 aromatic carbocycles. The van der Waals surface area contributed by atoms with Crippen LogP contribution in [0.5, 0.6) is 5.75 Å². The Kier molecular flexibility index (Phi) is 6.86. The number of aromatic nitrogens is 3. The highest BCUT2D eigenvalue weighted by Crippen LogP contribution is 2.32. The van der Waals surface area contributed by atoms with Gasteiger partial charge in [-0.25, -0.2) is 0 Å². The largest absolute Gasteiger partial charge is 0.494 e. The zero-order valence-corrected chi connectivity index (χ0v) is 20.7. The molecule has 0 fully saturated rings. The third-order valence-corrected chi connectivity index (χ3v) is 7.17. The zero-order valence-electron chi connectivity index (χ0n) is 19.9. The van der Waals surface area contributed by atoms with E-state index in [1.165, 1.54) is 22.9 Å². The van der Waals surface area contributed by atoms with Crippen molar-refractivity contribution in [3.05, 3.63) is 90.0 Å². The van der Waals surface area contributed by atoms with E-state index in [1.807, 2.05) is 84.0 Å². The molecule has 178 valence electrons. The van der Waals surface area contributed by atoms with Crippen LogP contribution in [0.4, 0.5) is 0 Å². The third-order valence-electron chi connectivity index (χ3n) is 6.14. The summed E-state index contributed by atoms with van der Waals surface area (Å²) in [5.74, 6) is 1.67. The Hall–Kier alpha value is -3.58. The fourth-order valence-electron chi connectivity index (χ4n) is 4.36. The van der Waals surface area contributed by atoms with E-state index in [0.29, 0.717) is 18.3 Å². The first kappa shape index (κ1) is 23.2. The number of thioether (sulfide) groups is 1. The van der Waals surface area contributed by atoms with Crippen molar-refractivity contribution in [3.8, 4) is 22.8 Å². The van der Waals surface area contributed by atoms with Crippen LogP contribution in [-0.4, -0.2) is 44.0 Å². The molecule has 1 amide bonds. The summed E-state index contributed by atoms with van der Waals surface area (Å²) < 4.78 is 7.63. The number of amides is 1. The van der Waals surface area contributed by atoms with E-state index in [1.54, 1.807) is 0 Å². The van der Waals surface area contributed by atoms with Crippen molar-refractivity contribution in [1.29, 1.82) is 0 Å². The molecule has 0 saturated heterocycles. The Morgan fingerprint density at radius 1 is 0.971 bits per heavy atom. The molecule has 1 aliphatic rings. The summed E-state index contributed by atoms with van der Waals surface area (Å²) in [5.41, 5.74) is 4.45. The number of fused-ring (bicyclic) bond motifs is 1. The first-order chi connectivity index (χ1) is 17.1. The molecule has 0 bridgehead atoms. The summed E-state index contributed by atoms with van der Waals surface area (Å²) in [4.78, 5) is 15.3. The maximum absolute atomic E-state index is 13.4. The van der Waals surface area contributed by atoms with Crippen molar-refractivity contribution in [2.75, 3.05) is 13.2 Å². The fourth-order valence-corrected chi connectivity index (χ4v) is 5.31. The summed E-state index contributed by atoms with van der Waals surface area (Å²) in [6, 6.07) is 26.2. The summed E-state index contributed by atoms with van der Waals surface area (Å²) in [5, 5.41) is 9.41. The van der Waals surface area contributed by atoms with E-state index in [9.17, 15) is 4.79 Å². The van der Waals surface area contributed by atoms with E-state index in [0.717, 1.165) is 35.8 Å². The molecule has 4 aromatic rings. The van der Waals surface area contributed by atoms with E-state index in [2.05, 4.69) is 28.4 Å². The molecule has 1 aromatic heterocycles. The molecule has 0 saturated carbocycles. The number of carbonyl (C=O) groups is 1. The number of nitrogens with zero attached hydrogens (tertiary/aromatic N) is 4. The van der Waals surface area contributed by atoms with Crippen molar-refractivity contribution >= 4 is 17.7 Å². The highest BCUT2D eigenvalue weighted by molar-refractivity contribution is 8.00. The maximum Gasteiger partial charge on any atom is 0.236 e. The summed E-state index contributed by atoms with van der Waals surface area (Å²) in [6.07, 6.45) is 0.889. The molecule has 0 spiro atoms. The van der Waals surface area contributed by atoms with Crippen molar-refractivity contribution < 1.29 is 9.53 Å². The second-order valence-corrected chi connectivity index (χ2v) is 9.78. The molecule has 0 radical (unpaired) electrons. The van der Waals surface area contributed by atoms with Crippen LogP contribution in [0.1, 0.15) is 25.0 Å². The molecule has 1 atom stereocenters. The first-order valence-corrected chi connectivity index (χ1v) is 12.8. The van der Waals surface area contributed by atoms with Gasteiger partial charge in [-0.1, -0.05) is 66.4 Å². The molecule has 1 aliphatic heterocycles. The number of ether oxygens (including phenoxy) is 1. The maximum atomic E-state index is 13.4. The monoisotopic (exact) mass is 484 g/mol. The molecule has 2 heterocycles. The topological polar surface area (TPSA) is 60.2 Å². The van der Waals surface area contributed by atoms with Crippen LogP contribution in [0.2, 0.25) is 0 Å². The van der Waals surface area contributed by atoms with Crippen molar-refractivity contribution in [2.24, 2.45) is 0 Å². The second-order valence-electron chi connectivity index (χ2n) is 8.47. The van der Waals surface area contributed by atoms with Crippen LogP contribution in [-0.2, 0) is 17.8 Å². The van der Waals surface area contributed by atoms with Gasteiger partial charge in [0.1, 0.15) is 5.75 Å². The number of hydrogen-bond acceptors (Lipinski definition) is 5. The predicted octanol–water partition coefficient (Wildman–Crippen LogP) is 5.40. The van der Waals surface area contributed by atoms with Gasteiger partial charge in [-0.15, -0.1) is 10.2 Å². The van der Waals surface area contributed by atoms with Gasteiger partial charge >= 0.3 is 0 Å². The second kappa shape index (κ2) is 10.4. The summed E-state index contributed by atoms with van der Waals surface area (Å²) in [6.45, 7) is 5.92. The highest BCUT2D eigenvalue weighted by Gasteiger charge is 2.27. The van der Waals surface area contributed by atoms with Gasteiger partial charge in [-0.05, 0) is 55.7 Å². The van der Waals surface area contributed by atoms with E-state index >= 15 is 0 Å². The minimum Gasteiger partial charge on any atom is -0.494 e. The van der Waals surface area contributed by atoms with Gasteiger partial charge < -0.3 is 9.64 Å². The van der Waals surface area contributed by atoms with Gasteiger partial charge in [0.25, 0.3) is 0 Å². The van der Waals surface area contributed by atoms with Gasteiger partial charge in [0.2, 0.25) is 5.91 Å². The molecule has 0 N–H and O–H groups in total. The average molecular weight is 485 g/mol. The number of benzene rings is 3. The first-order valence-electron chi connectivity index (χ1n) is 11.9. The molecular weight excluding hydrogens is 456 g/mol. The van der Waals surface area contributed by atoms with Gasteiger partial charge in [-0.2, -0.15) is 0 Å². The Labute approximate surface area is 210 Å². The Morgan fingerprint density at radius 3 is 2.43 bits per heavy atom. The van der Waals surface area contributed by atoms with Crippen molar-refractivity contribution in [2.45, 2.75) is 37.2 Å². The van der Waals surface area contributed by atoms with Gasteiger partial charge in [0.15, 0.2) is 11.0 Å². The SMILES string of the molecule is CCOc1ccc(-n2c(SC(C)C(=O)N3CCc4ccccc4C3)nnc2-c2ccccc2)cc1. The molecule has 1 unspecified atom stereocenters. The number of hydrogen-bond donors (Lipinski definition) is 0. The van der Waals surface area contributed by atoms with E-state index in [4.69, 9.17) is 4.74 Å². The fraction of sp³-hybridized carbons (Fsp3) is 0.250. The van der Waals surface area contributed by atoms with Crippen molar-refractivity contribution in [1.82, 2.24) is 19.7 Å². The zero-order chi connectivity index (χ0) is 24.2. The predicted molar refractivity (Wildman–Crippen MR) is 139 cm³/mol. The lowest BCUT2D eigenvalue weighted by atomic mass is 10.00. The van der Waals surface area contributed by atoms with Gasteiger partial charge in [0, 0.05) is 24.3 Å². The van der Waals surface area contributed by atoms with Gasteiger partial charge in [0.05, 0.1) is 11.9 Å². The Bertz CT molecular complexity index is 1300. The van der Waals surface area contributed by atoms with Crippen LogP contribution in [0.3, 0.4) is 0 Å². The molecule has 7 heteroatoms. The molecule has 6 nitrogen and oxygen atoms in total. The molecule has 5 rings (SSSR count). The van der Waals surface area contributed by atoms with E-state index in [-0.39, 0.29) is 11.2 Å². The minimum atomic E-state index is -0.297. The standard InChI is InChI=1S/C28H28N4O2S/c1-3-34-25-15-13-24(14-16-25)32-26(22-10-5-4-6-11-22)29-30-28(32)35-20(2)27(33)31-18-17-21-9-7-8-12-23(21)19-31/h4-16,20H,3,17-19H2,1-2H3. The van der Waals surface area contributed by atoms with Crippen LogP contribution in [0.25, 0.3) is 17.1 Å². The van der Waals surface area contributed by atoms with Crippen molar-refractivity contribution in [3.63, 3.8) is 0 Å². The molecular formula is C28H28N4O2S. The Morgan fingerprint density at radius 2 is 1.69 bits per heavy atom. The van der Waals surface area contributed by atoms with Crippen LogP contribution >= 0.6 is 11.8 Å². The third kappa shape index (κ3) is 4.95. The lowest BCUT2D eigenvalue weighted by Gasteiger charge is -2.30. The normalized spacial score (nSPS) is 13.8. The summed E-state index contributed by atoms with van der Waals surface area (Å²) in [7, 11) is 0. The van der Waals surface area contributed by atoms with Crippen LogP contribution in [0.15, 0.2) is 84.0 Å². The number of carbonyl (C=O) groups excluding carboxylic acids is 1. The minimum absolute atomic E-state index is 0.118. The average Bonchev–Trinajstić information content (AvgIpc) is 3.32. The summed E-state index contributed by atoms with van der Waals surface area (Å²) >= 11 is 1.44. The quantitative estimate of drug-likeness (QED) is 0.329. The lowest BCUT2D eigenvalue weighted by molar-refractivity contribution is -0.131. The lowest BCUT2D eigenvalue weighted by Crippen LogP contribution is -2.40.